The minimum absolute atomic E-state index is 0.281. The molecule has 3 heteroatoms. The van der Waals surface area contributed by atoms with Crippen molar-refractivity contribution in [2.24, 2.45) is 11.8 Å². The SMILES string of the molecule is CC1C2CC[C@@]3(C)c4cc(N)ccc4CC(C3C2)N1CCc1ccc(Cl)cc1. The molecule has 2 bridgehead atoms. The highest BCUT2D eigenvalue weighted by Gasteiger charge is 2.54. The molecular weight excluding hydrogens is 364 g/mol. The van der Waals surface area contributed by atoms with E-state index < -0.39 is 0 Å². The standard InChI is InChI=1S/C25H31ClN2/c1-16-18-9-11-25(2)22-15-21(27)8-5-19(22)14-24(23(25)13-18)28(16)12-10-17-3-6-20(26)7-4-17/h3-8,15-16,18,23-24H,9-14,27H2,1-2H3/t16?,18?,23?,24?,25-/m0/s1. The maximum atomic E-state index is 6.19. The molecule has 2 aromatic rings. The molecule has 2 fully saturated rings. The zero-order valence-corrected chi connectivity index (χ0v) is 17.8. The second kappa shape index (κ2) is 6.78. The Balaban J connectivity index is 1.47. The number of nitrogens with zero attached hydrogens (tertiary/aromatic N) is 1. The highest BCUT2D eigenvalue weighted by atomic mass is 35.5. The zero-order chi connectivity index (χ0) is 19.5. The minimum Gasteiger partial charge on any atom is -0.399 e. The van der Waals surface area contributed by atoms with E-state index in [0.717, 1.165) is 35.5 Å². The lowest BCUT2D eigenvalue weighted by atomic mass is 9.52. The van der Waals surface area contributed by atoms with Gasteiger partial charge >= 0.3 is 0 Å². The topological polar surface area (TPSA) is 29.3 Å². The summed E-state index contributed by atoms with van der Waals surface area (Å²) < 4.78 is 0. The molecule has 1 saturated heterocycles. The smallest absolute Gasteiger partial charge is 0.0406 e. The van der Waals surface area contributed by atoms with Crippen molar-refractivity contribution in [3.05, 3.63) is 64.2 Å². The first-order valence-electron chi connectivity index (χ1n) is 10.8. The Morgan fingerprint density at radius 3 is 2.75 bits per heavy atom. The Morgan fingerprint density at radius 1 is 1.18 bits per heavy atom. The predicted octanol–water partition coefficient (Wildman–Crippen LogP) is 5.47. The molecule has 2 N–H and O–H groups in total. The number of rotatable bonds is 3. The van der Waals surface area contributed by atoms with Crippen molar-refractivity contribution in [2.75, 3.05) is 12.3 Å². The number of likely N-dealkylation sites (tertiary alicyclic amines) is 1. The third-order valence-corrected chi connectivity index (χ3v) is 8.51. The molecular formula is C25H31ClN2. The highest BCUT2D eigenvalue weighted by Crippen LogP contribution is 2.56. The normalized spacial score (nSPS) is 34.1. The molecule has 0 amide bonds. The van der Waals surface area contributed by atoms with Crippen LogP contribution < -0.4 is 5.73 Å². The van der Waals surface area contributed by atoms with Gasteiger partial charge in [-0.1, -0.05) is 36.7 Å². The van der Waals surface area contributed by atoms with E-state index in [0.29, 0.717) is 12.1 Å². The van der Waals surface area contributed by atoms with Crippen molar-refractivity contribution < 1.29 is 0 Å². The van der Waals surface area contributed by atoms with Gasteiger partial charge in [0.05, 0.1) is 0 Å². The van der Waals surface area contributed by atoms with Gasteiger partial charge in [-0.2, -0.15) is 0 Å². The van der Waals surface area contributed by atoms with Gasteiger partial charge in [-0.05, 0) is 97.2 Å². The van der Waals surface area contributed by atoms with E-state index in [2.05, 4.69) is 49.1 Å². The van der Waals surface area contributed by atoms with Crippen molar-refractivity contribution >= 4 is 17.3 Å². The van der Waals surface area contributed by atoms with Gasteiger partial charge in [0.1, 0.15) is 0 Å². The number of hydrogen-bond acceptors (Lipinski definition) is 2. The molecule has 148 valence electrons. The molecule has 2 aromatic carbocycles. The molecule has 0 spiro atoms. The highest BCUT2D eigenvalue weighted by molar-refractivity contribution is 6.30. The van der Waals surface area contributed by atoms with Crippen LogP contribution in [0.15, 0.2) is 42.5 Å². The van der Waals surface area contributed by atoms with E-state index in [1.807, 2.05) is 12.1 Å². The molecule has 2 nitrogen and oxygen atoms in total. The fourth-order valence-corrected chi connectivity index (χ4v) is 6.73. The number of fused-ring (bicyclic) bond motifs is 3. The van der Waals surface area contributed by atoms with Gasteiger partial charge in [0, 0.05) is 29.3 Å². The number of hydrogen-bond donors (Lipinski definition) is 1. The first kappa shape index (κ1) is 18.5. The summed E-state index contributed by atoms with van der Waals surface area (Å²) in [6.45, 7) is 6.14. The van der Waals surface area contributed by atoms with Gasteiger partial charge in [-0.25, -0.2) is 0 Å². The third kappa shape index (κ3) is 2.88. The summed E-state index contributed by atoms with van der Waals surface area (Å²) in [7, 11) is 0. The summed E-state index contributed by atoms with van der Waals surface area (Å²) in [6, 6.07) is 16.4. The average Bonchev–Trinajstić information content (AvgIpc) is 2.69. The van der Waals surface area contributed by atoms with Crippen LogP contribution >= 0.6 is 11.6 Å². The molecule has 1 aliphatic heterocycles. The van der Waals surface area contributed by atoms with Gasteiger partial charge in [0.25, 0.3) is 0 Å². The Labute approximate surface area is 174 Å². The van der Waals surface area contributed by atoms with Crippen LogP contribution in [0.3, 0.4) is 0 Å². The zero-order valence-electron chi connectivity index (χ0n) is 17.0. The molecule has 28 heavy (non-hydrogen) atoms. The average molecular weight is 395 g/mol. The Hall–Kier alpha value is -1.51. The summed E-state index contributed by atoms with van der Waals surface area (Å²) in [5, 5.41) is 0.823. The second-order valence-electron chi connectivity index (χ2n) is 9.60. The van der Waals surface area contributed by atoms with Crippen LogP contribution in [-0.2, 0) is 18.3 Å². The van der Waals surface area contributed by atoms with E-state index >= 15 is 0 Å². The quantitative estimate of drug-likeness (QED) is 0.699. The number of nitrogens with two attached hydrogens (primary N) is 1. The van der Waals surface area contributed by atoms with E-state index in [1.165, 1.54) is 36.8 Å². The van der Waals surface area contributed by atoms with Crippen LogP contribution in [0.5, 0.6) is 0 Å². The summed E-state index contributed by atoms with van der Waals surface area (Å²) >= 11 is 6.07. The van der Waals surface area contributed by atoms with E-state index in [4.69, 9.17) is 17.3 Å². The lowest BCUT2D eigenvalue weighted by Crippen LogP contribution is -2.63. The second-order valence-corrected chi connectivity index (χ2v) is 10.0. The first-order chi connectivity index (χ1) is 13.5. The number of piperidine rings is 1. The van der Waals surface area contributed by atoms with E-state index in [1.54, 1.807) is 5.56 Å². The molecule has 5 atom stereocenters. The monoisotopic (exact) mass is 394 g/mol. The lowest BCUT2D eigenvalue weighted by Gasteiger charge is -2.61. The predicted molar refractivity (Wildman–Crippen MR) is 118 cm³/mol. The fraction of sp³-hybridized carbons (Fsp3) is 0.520. The molecule has 3 aliphatic rings. The van der Waals surface area contributed by atoms with Gasteiger partial charge in [0.15, 0.2) is 0 Å². The maximum Gasteiger partial charge on any atom is 0.0406 e. The number of halogens is 1. The third-order valence-electron chi connectivity index (χ3n) is 8.26. The Kier molecular flexibility index (Phi) is 4.48. The van der Waals surface area contributed by atoms with Crippen LogP contribution in [0.2, 0.25) is 5.02 Å². The molecule has 0 aromatic heterocycles. The molecule has 2 aliphatic carbocycles. The van der Waals surface area contributed by atoms with Gasteiger partial charge in [0.2, 0.25) is 0 Å². The maximum absolute atomic E-state index is 6.19. The number of benzene rings is 2. The van der Waals surface area contributed by atoms with E-state index in [9.17, 15) is 0 Å². The molecule has 1 heterocycles. The van der Waals surface area contributed by atoms with Crippen LogP contribution in [-0.4, -0.2) is 23.5 Å². The minimum atomic E-state index is 0.281. The van der Waals surface area contributed by atoms with Gasteiger partial charge in [-0.15, -0.1) is 0 Å². The summed E-state index contributed by atoms with van der Waals surface area (Å²) in [6.07, 6.45) is 6.31. The fourth-order valence-electron chi connectivity index (χ4n) is 6.60. The Morgan fingerprint density at radius 2 is 1.96 bits per heavy atom. The largest absolute Gasteiger partial charge is 0.399 e. The van der Waals surface area contributed by atoms with Gasteiger partial charge < -0.3 is 5.73 Å². The van der Waals surface area contributed by atoms with Crippen LogP contribution in [0, 0.1) is 11.8 Å². The molecule has 5 rings (SSSR count). The molecule has 1 saturated carbocycles. The van der Waals surface area contributed by atoms with Crippen LogP contribution in [0.4, 0.5) is 5.69 Å². The van der Waals surface area contributed by atoms with Gasteiger partial charge in [-0.3, -0.25) is 4.90 Å². The molecule has 0 radical (unpaired) electrons. The van der Waals surface area contributed by atoms with Crippen LogP contribution in [0.25, 0.3) is 0 Å². The molecule has 4 unspecified atom stereocenters. The summed E-state index contributed by atoms with van der Waals surface area (Å²) in [5.41, 5.74) is 11.9. The summed E-state index contributed by atoms with van der Waals surface area (Å²) in [5.74, 6) is 1.59. The number of anilines is 1. The summed E-state index contributed by atoms with van der Waals surface area (Å²) in [4.78, 5) is 2.85. The Bertz CT molecular complexity index is 877. The lowest BCUT2D eigenvalue weighted by molar-refractivity contribution is -0.0616. The van der Waals surface area contributed by atoms with Crippen molar-refractivity contribution in [1.82, 2.24) is 4.90 Å². The van der Waals surface area contributed by atoms with Crippen molar-refractivity contribution in [3.8, 4) is 0 Å². The van der Waals surface area contributed by atoms with Crippen molar-refractivity contribution in [1.29, 1.82) is 0 Å². The van der Waals surface area contributed by atoms with Crippen molar-refractivity contribution in [3.63, 3.8) is 0 Å². The number of nitrogen functional groups attached to an aromatic ring is 1. The van der Waals surface area contributed by atoms with E-state index in [-0.39, 0.29) is 5.41 Å². The van der Waals surface area contributed by atoms with Crippen molar-refractivity contribution in [2.45, 2.75) is 63.5 Å². The van der Waals surface area contributed by atoms with Crippen LogP contribution in [0.1, 0.15) is 49.8 Å². The first-order valence-corrected chi connectivity index (χ1v) is 11.2.